The van der Waals surface area contributed by atoms with E-state index in [0.717, 1.165) is 53.0 Å². The summed E-state index contributed by atoms with van der Waals surface area (Å²) in [6.45, 7) is 9.58. The summed E-state index contributed by atoms with van der Waals surface area (Å²) in [4.78, 5) is 17.8. The summed E-state index contributed by atoms with van der Waals surface area (Å²) < 4.78 is 6.95. The van der Waals surface area contributed by atoms with E-state index in [1.807, 2.05) is 30.0 Å². The van der Waals surface area contributed by atoms with E-state index in [9.17, 15) is 4.79 Å². The number of hydrogen-bond acceptors (Lipinski definition) is 3. The van der Waals surface area contributed by atoms with Gasteiger partial charge in [-0.15, -0.1) is 0 Å². The van der Waals surface area contributed by atoms with Gasteiger partial charge >= 0.3 is 0 Å². The van der Waals surface area contributed by atoms with Crippen LogP contribution in [0.3, 0.4) is 0 Å². The molecule has 2 aliphatic heterocycles. The van der Waals surface area contributed by atoms with E-state index in [-0.39, 0.29) is 5.91 Å². The monoisotopic (exact) mass is 432 g/mol. The van der Waals surface area contributed by atoms with Gasteiger partial charge in [0.15, 0.2) is 5.76 Å². The van der Waals surface area contributed by atoms with Crippen molar-refractivity contribution in [2.75, 3.05) is 32.7 Å². The van der Waals surface area contributed by atoms with Crippen molar-refractivity contribution >= 4 is 32.8 Å². The van der Waals surface area contributed by atoms with Crippen molar-refractivity contribution in [2.45, 2.75) is 39.5 Å². The molecule has 0 saturated carbocycles. The van der Waals surface area contributed by atoms with Crippen LogP contribution in [0.4, 0.5) is 0 Å². The topological polar surface area (TPSA) is 36.7 Å². The van der Waals surface area contributed by atoms with Gasteiger partial charge < -0.3 is 14.2 Å². The van der Waals surface area contributed by atoms with E-state index >= 15 is 0 Å². The maximum Gasteiger partial charge on any atom is 0.289 e. The van der Waals surface area contributed by atoms with Gasteiger partial charge in [0, 0.05) is 35.1 Å². The molecule has 2 saturated heterocycles. The third-order valence-corrected chi connectivity index (χ3v) is 6.78. The lowest BCUT2D eigenvalue weighted by molar-refractivity contribution is 0.0593. The Morgan fingerprint density at radius 2 is 2.00 bits per heavy atom. The van der Waals surface area contributed by atoms with Crippen molar-refractivity contribution in [1.82, 2.24) is 9.80 Å². The van der Waals surface area contributed by atoms with Gasteiger partial charge in [0.1, 0.15) is 5.58 Å². The van der Waals surface area contributed by atoms with E-state index in [2.05, 4.69) is 27.8 Å². The summed E-state index contributed by atoms with van der Waals surface area (Å²) in [5.41, 5.74) is 1.73. The van der Waals surface area contributed by atoms with Crippen LogP contribution in [-0.2, 0) is 0 Å². The number of aryl methyl sites for hydroxylation is 1. The number of rotatable bonds is 3. The average molecular weight is 433 g/mol. The molecule has 0 radical (unpaired) electrons. The van der Waals surface area contributed by atoms with Crippen molar-refractivity contribution < 1.29 is 9.21 Å². The second kappa shape index (κ2) is 7.96. The quantitative estimate of drug-likeness (QED) is 0.677. The maximum absolute atomic E-state index is 13.2. The molecule has 5 heteroatoms. The summed E-state index contributed by atoms with van der Waals surface area (Å²) in [6, 6.07) is 5.91. The number of amides is 1. The Morgan fingerprint density at radius 1 is 1.22 bits per heavy atom. The van der Waals surface area contributed by atoms with Gasteiger partial charge in [0.25, 0.3) is 5.91 Å². The molecule has 1 unspecified atom stereocenters. The molecule has 146 valence electrons. The van der Waals surface area contributed by atoms with Crippen molar-refractivity contribution in [2.24, 2.45) is 11.8 Å². The zero-order valence-corrected chi connectivity index (χ0v) is 17.9. The minimum atomic E-state index is 0.0526. The highest BCUT2D eigenvalue weighted by Crippen LogP contribution is 2.30. The first-order valence-electron chi connectivity index (χ1n) is 10.2. The number of fused-ring (bicyclic) bond motifs is 1. The molecule has 0 spiro atoms. The predicted molar refractivity (Wildman–Crippen MR) is 112 cm³/mol. The van der Waals surface area contributed by atoms with Gasteiger partial charge in [-0.3, -0.25) is 4.79 Å². The molecule has 1 atom stereocenters. The van der Waals surface area contributed by atoms with Crippen LogP contribution >= 0.6 is 15.9 Å². The van der Waals surface area contributed by atoms with E-state index in [0.29, 0.717) is 11.7 Å². The number of halogens is 1. The Bertz CT molecular complexity index is 823. The fourth-order valence-corrected chi connectivity index (χ4v) is 4.91. The van der Waals surface area contributed by atoms with Crippen LogP contribution in [0.1, 0.15) is 48.7 Å². The van der Waals surface area contributed by atoms with E-state index in [1.165, 1.54) is 32.4 Å². The Balaban J connectivity index is 1.45. The standard InChI is InChI=1S/C22H29BrN2O2/c1-15-7-10-24(11-8-15)13-17-4-3-9-25(14-17)22(26)21-16(2)19-12-18(23)5-6-20(19)27-21/h5-6,12,15,17H,3-4,7-11,13-14H2,1-2H3. The second-order valence-corrected chi connectivity index (χ2v) is 9.35. The predicted octanol–water partition coefficient (Wildman–Crippen LogP) is 5.09. The van der Waals surface area contributed by atoms with Gasteiger partial charge in [0.2, 0.25) is 0 Å². The van der Waals surface area contributed by atoms with E-state index < -0.39 is 0 Å². The van der Waals surface area contributed by atoms with Gasteiger partial charge in [-0.05, 0) is 75.7 Å². The largest absolute Gasteiger partial charge is 0.451 e. The Kier molecular flexibility index (Phi) is 5.60. The number of benzene rings is 1. The first-order chi connectivity index (χ1) is 13.0. The molecule has 0 bridgehead atoms. The zero-order valence-electron chi connectivity index (χ0n) is 16.3. The number of furan rings is 1. The Hall–Kier alpha value is -1.33. The molecule has 2 aliphatic rings. The van der Waals surface area contributed by atoms with Crippen LogP contribution in [0.2, 0.25) is 0 Å². The lowest BCUT2D eigenvalue weighted by atomic mass is 9.94. The Morgan fingerprint density at radius 3 is 2.78 bits per heavy atom. The van der Waals surface area contributed by atoms with Crippen molar-refractivity contribution in [1.29, 1.82) is 0 Å². The number of carbonyl (C=O) groups is 1. The van der Waals surface area contributed by atoms with E-state index in [1.54, 1.807) is 0 Å². The van der Waals surface area contributed by atoms with Crippen LogP contribution in [0, 0.1) is 18.8 Å². The summed E-state index contributed by atoms with van der Waals surface area (Å²) in [6.07, 6.45) is 4.93. The number of carbonyl (C=O) groups excluding carboxylic acids is 1. The van der Waals surface area contributed by atoms with Crippen molar-refractivity contribution in [3.63, 3.8) is 0 Å². The van der Waals surface area contributed by atoms with Crippen LogP contribution in [0.5, 0.6) is 0 Å². The minimum absolute atomic E-state index is 0.0526. The fraction of sp³-hybridized carbons (Fsp3) is 0.591. The van der Waals surface area contributed by atoms with Crippen LogP contribution in [0.25, 0.3) is 11.0 Å². The minimum Gasteiger partial charge on any atom is -0.451 e. The van der Waals surface area contributed by atoms with Crippen molar-refractivity contribution in [3.05, 3.63) is 34.0 Å². The molecule has 1 aromatic heterocycles. The molecule has 1 amide bonds. The third kappa shape index (κ3) is 4.09. The van der Waals surface area contributed by atoms with Gasteiger partial charge in [0.05, 0.1) is 0 Å². The SMILES string of the molecule is Cc1c(C(=O)N2CCCC(CN3CCC(C)CC3)C2)oc2ccc(Br)cc12. The van der Waals surface area contributed by atoms with Crippen molar-refractivity contribution in [3.8, 4) is 0 Å². The summed E-state index contributed by atoms with van der Waals surface area (Å²) in [5, 5.41) is 1.02. The van der Waals surface area contributed by atoms with E-state index in [4.69, 9.17) is 4.42 Å². The number of piperidine rings is 2. The molecule has 4 nitrogen and oxygen atoms in total. The van der Waals surface area contributed by atoms with Gasteiger partial charge in [-0.25, -0.2) is 0 Å². The molecule has 0 aliphatic carbocycles. The average Bonchev–Trinajstić information content (AvgIpc) is 2.99. The molecule has 1 aromatic carbocycles. The normalized spacial score (nSPS) is 22.5. The third-order valence-electron chi connectivity index (χ3n) is 6.29. The van der Waals surface area contributed by atoms with Gasteiger partial charge in [-0.1, -0.05) is 22.9 Å². The molecule has 2 fully saturated rings. The summed E-state index contributed by atoms with van der Waals surface area (Å²) >= 11 is 3.51. The molecule has 3 heterocycles. The lowest BCUT2D eigenvalue weighted by Crippen LogP contribution is -2.45. The number of likely N-dealkylation sites (tertiary alicyclic amines) is 2. The molecule has 4 rings (SSSR count). The summed E-state index contributed by atoms with van der Waals surface area (Å²) in [5.74, 6) is 2.00. The van der Waals surface area contributed by atoms with Gasteiger partial charge in [-0.2, -0.15) is 0 Å². The number of nitrogens with zero attached hydrogens (tertiary/aromatic N) is 2. The zero-order chi connectivity index (χ0) is 19.0. The van der Waals surface area contributed by atoms with Crippen LogP contribution in [0.15, 0.2) is 27.1 Å². The van der Waals surface area contributed by atoms with Crippen LogP contribution in [-0.4, -0.2) is 48.4 Å². The fourth-order valence-electron chi connectivity index (χ4n) is 4.55. The lowest BCUT2D eigenvalue weighted by Gasteiger charge is -2.37. The van der Waals surface area contributed by atoms with Crippen LogP contribution < -0.4 is 0 Å². The first kappa shape index (κ1) is 19.0. The highest BCUT2D eigenvalue weighted by molar-refractivity contribution is 9.10. The smallest absolute Gasteiger partial charge is 0.289 e. The summed E-state index contributed by atoms with van der Waals surface area (Å²) in [7, 11) is 0. The number of hydrogen-bond donors (Lipinski definition) is 0. The first-order valence-corrected chi connectivity index (χ1v) is 11.0. The Labute approximate surface area is 170 Å². The molecular weight excluding hydrogens is 404 g/mol. The molecular formula is C22H29BrN2O2. The molecule has 2 aromatic rings. The second-order valence-electron chi connectivity index (χ2n) is 8.44. The molecule has 27 heavy (non-hydrogen) atoms. The highest BCUT2D eigenvalue weighted by atomic mass is 79.9. The molecule has 0 N–H and O–H groups in total. The maximum atomic E-state index is 13.2. The highest BCUT2D eigenvalue weighted by Gasteiger charge is 2.29.